The van der Waals surface area contributed by atoms with Crippen LogP contribution in [0.4, 0.5) is 10.7 Å². The highest BCUT2D eigenvalue weighted by molar-refractivity contribution is 5.67. The molecular formula is C25H24N4O6. The summed E-state index contributed by atoms with van der Waals surface area (Å²) in [6.07, 6.45) is 0.0826. The van der Waals surface area contributed by atoms with Crippen LogP contribution in [0.1, 0.15) is 5.56 Å². The Kier molecular flexibility index (Phi) is 5.81. The van der Waals surface area contributed by atoms with Crippen LogP contribution in [0.2, 0.25) is 0 Å². The molecule has 0 unspecified atom stereocenters. The number of hydrogen-bond acceptors (Lipinski definition) is 9. The predicted octanol–water partition coefficient (Wildman–Crippen LogP) is 2.75. The molecule has 4 heterocycles. The second-order valence-corrected chi connectivity index (χ2v) is 8.46. The summed E-state index contributed by atoms with van der Waals surface area (Å²) in [5.74, 6) is 1.88. The van der Waals surface area contributed by atoms with Crippen molar-refractivity contribution in [2.75, 3.05) is 25.3 Å². The first-order valence-electron chi connectivity index (χ1n) is 11.4. The van der Waals surface area contributed by atoms with E-state index in [4.69, 9.17) is 23.7 Å². The molecule has 0 aliphatic carbocycles. The van der Waals surface area contributed by atoms with Crippen molar-refractivity contribution >= 4 is 12.0 Å². The zero-order chi connectivity index (χ0) is 23.6. The summed E-state index contributed by atoms with van der Waals surface area (Å²) >= 11 is 0. The highest BCUT2D eigenvalue weighted by Gasteiger charge is 2.49. The van der Waals surface area contributed by atoms with Gasteiger partial charge in [-0.05, 0) is 29.8 Å². The van der Waals surface area contributed by atoms with Crippen LogP contribution in [-0.4, -0.2) is 60.4 Å². The molecule has 4 atom stereocenters. The fourth-order valence-electron chi connectivity index (χ4n) is 4.45. The molecule has 2 fully saturated rings. The van der Waals surface area contributed by atoms with Gasteiger partial charge in [0.2, 0.25) is 12.7 Å². The maximum Gasteiger partial charge on any atom is 0.407 e. The molecule has 0 saturated carbocycles. The molecule has 0 radical (unpaired) electrons. The van der Waals surface area contributed by atoms with Gasteiger partial charge in [0.05, 0.1) is 24.9 Å². The molecule has 10 nitrogen and oxygen atoms in total. The monoisotopic (exact) mass is 476 g/mol. The summed E-state index contributed by atoms with van der Waals surface area (Å²) in [4.78, 5) is 21.3. The van der Waals surface area contributed by atoms with Gasteiger partial charge in [0.1, 0.15) is 12.2 Å². The molecule has 10 heteroatoms. The van der Waals surface area contributed by atoms with Gasteiger partial charge in [-0.25, -0.2) is 14.8 Å². The van der Waals surface area contributed by atoms with E-state index in [2.05, 4.69) is 20.6 Å². The summed E-state index contributed by atoms with van der Waals surface area (Å²) in [7, 11) is 0. The summed E-state index contributed by atoms with van der Waals surface area (Å²) in [5, 5.41) is 6.08. The van der Waals surface area contributed by atoms with E-state index >= 15 is 0 Å². The maximum absolute atomic E-state index is 12.3. The molecular weight excluding hydrogens is 452 g/mol. The third kappa shape index (κ3) is 4.58. The van der Waals surface area contributed by atoms with E-state index < -0.39 is 12.2 Å². The van der Waals surface area contributed by atoms with Gasteiger partial charge < -0.3 is 34.3 Å². The number of alkyl carbamates (subject to hydrolysis) is 1. The van der Waals surface area contributed by atoms with Gasteiger partial charge in [0, 0.05) is 18.3 Å². The Hall–Kier alpha value is -3.89. The van der Waals surface area contributed by atoms with Crippen LogP contribution in [0.25, 0.3) is 11.3 Å². The number of anilines is 1. The van der Waals surface area contributed by atoms with Crippen LogP contribution in [-0.2, 0) is 20.8 Å². The summed E-state index contributed by atoms with van der Waals surface area (Å²) < 4.78 is 28.3. The van der Waals surface area contributed by atoms with Gasteiger partial charge in [-0.2, -0.15) is 0 Å². The Labute approximate surface area is 201 Å². The van der Waals surface area contributed by atoms with Crippen LogP contribution in [0.5, 0.6) is 11.5 Å². The number of ether oxygens (including phenoxy) is 5. The average molecular weight is 476 g/mol. The standard InChI is InChI=1S/C25H24N4O6/c30-25(27-11-15-4-2-1-3-5-15)35-21-13-32-22-18(12-31-23(21)22)29-24-26-9-8-17(28-24)16-6-7-19-20(10-16)34-14-33-19/h1-10,18,21-23H,11-14H2,(H,27,30)(H,26,28,29)/t18-,21+,22+,23+/m0/s1. The first-order chi connectivity index (χ1) is 17.2. The molecule has 0 bridgehead atoms. The molecule has 2 aromatic carbocycles. The zero-order valence-corrected chi connectivity index (χ0v) is 18.8. The number of amides is 1. The van der Waals surface area contributed by atoms with Crippen molar-refractivity contribution < 1.29 is 28.5 Å². The minimum absolute atomic E-state index is 0.173. The average Bonchev–Trinajstić information content (AvgIpc) is 3.62. The number of carbonyl (C=O) groups excluding carboxylic acids is 1. The van der Waals surface area contributed by atoms with Crippen LogP contribution in [0.15, 0.2) is 60.8 Å². The fraction of sp³-hybridized carbons (Fsp3) is 0.320. The molecule has 6 rings (SSSR count). The number of fused-ring (bicyclic) bond motifs is 2. The highest BCUT2D eigenvalue weighted by Crippen LogP contribution is 2.36. The van der Waals surface area contributed by atoms with Gasteiger partial charge in [-0.3, -0.25) is 0 Å². The van der Waals surface area contributed by atoms with Gasteiger partial charge in [0.25, 0.3) is 0 Å². The van der Waals surface area contributed by atoms with Crippen molar-refractivity contribution in [1.29, 1.82) is 0 Å². The molecule has 2 saturated heterocycles. The molecule has 3 aliphatic heterocycles. The van der Waals surface area contributed by atoms with E-state index in [0.29, 0.717) is 24.8 Å². The number of nitrogens with zero attached hydrogens (tertiary/aromatic N) is 2. The number of hydrogen-bond donors (Lipinski definition) is 2. The number of rotatable bonds is 6. The topological polar surface area (TPSA) is 113 Å². The van der Waals surface area contributed by atoms with Gasteiger partial charge >= 0.3 is 6.09 Å². The minimum atomic E-state index is -0.497. The lowest BCUT2D eigenvalue weighted by Crippen LogP contribution is -2.39. The number of nitrogens with one attached hydrogen (secondary N) is 2. The summed E-state index contributed by atoms with van der Waals surface area (Å²) in [6.45, 7) is 1.27. The molecule has 1 amide bonds. The van der Waals surface area contributed by atoms with Gasteiger partial charge in [0.15, 0.2) is 17.6 Å². The molecule has 35 heavy (non-hydrogen) atoms. The van der Waals surface area contributed by atoms with Crippen LogP contribution in [0, 0.1) is 0 Å². The summed E-state index contributed by atoms with van der Waals surface area (Å²) in [5.41, 5.74) is 2.64. The van der Waals surface area contributed by atoms with E-state index in [0.717, 1.165) is 22.6 Å². The largest absolute Gasteiger partial charge is 0.454 e. The Balaban J connectivity index is 1.06. The lowest BCUT2D eigenvalue weighted by molar-refractivity contribution is 0.00431. The van der Waals surface area contributed by atoms with Crippen molar-refractivity contribution in [1.82, 2.24) is 15.3 Å². The van der Waals surface area contributed by atoms with Crippen LogP contribution in [0.3, 0.4) is 0 Å². The van der Waals surface area contributed by atoms with E-state index in [1.807, 2.05) is 54.6 Å². The van der Waals surface area contributed by atoms with Crippen molar-refractivity contribution in [3.05, 3.63) is 66.4 Å². The molecule has 1 aromatic heterocycles. The third-order valence-corrected chi connectivity index (χ3v) is 6.18. The Morgan fingerprint density at radius 1 is 1.00 bits per heavy atom. The third-order valence-electron chi connectivity index (χ3n) is 6.18. The zero-order valence-electron chi connectivity index (χ0n) is 18.8. The predicted molar refractivity (Wildman–Crippen MR) is 124 cm³/mol. The van der Waals surface area contributed by atoms with E-state index in [1.54, 1.807) is 6.20 Å². The quantitative estimate of drug-likeness (QED) is 0.554. The number of benzene rings is 2. The maximum atomic E-state index is 12.3. The number of carbonyl (C=O) groups is 1. The lowest BCUT2D eigenvalue weighted by Gasteiger charge is -2.18. The summed E-state index contributed by atoms with van der Waals surface area (Å²) in [6, 6.07) is 17.0. The molecule has 3 aliphatic rings. The lowest BCUT2D eigenvalue weighted by atomic mass is 10.1. The van der Waals surface area contributed by atoms with E-state index in [9.17, 15) is 4.79 Å². The second kappa shape index (κ2) is 9.40. The Morgan fingerprint density at radius 3 is 2.77 bits per heavy atom. The van der Waals surface area contributed by atoms with Crippen molar-refractivity contribution in [3.8, 4) is 22.8 Å². The normalized spacial score (nSPS) is 24.1. The molecule has 0 spiro atoms. The first-order valence-corrected chi connectivity index (χ1v) is 11.4. The van der Waals surface area contributed by atoms with Crippen LogP contribution < -0.4 is 20.1 Å². The van der Waals surface area contributed by atoms with Gasteiger partial charge in [-0.15, -0.1) is 0 Å². The molecule has 2 N–H and O–H groups in total. The smallest absolute Gasteiger partial charge is 0.407 e. The van der Waals surface area contributed by atoms with Crippen LogP contribution >= 0.6 is 0 Å². The van der Waals surface area contributed by atoms with Gasteiger partial charge in [-0.1, -0.05) is 30.3 Å². The van der Waals surface area contributed by atoms with Crippen molar-refractivity contribution in [2.45, 2.75) is 30.9 Å². The van der Waals surface area contributed by atoms with E-state index in [-0.39, 0.29) is 31.6 Å². The minimum Gasteiger partial charge on any atom is -0.454 e. The van der Waals surface area contributed by atoms with Crippen molar-refractivity contribution in [2.24, 2.45) is 0 Å². The van der Waals surface area contributed by atoms with E-state index in [1.165, 1.54) is 0 Å². The second-order valence-electron chi connectivity index (χ2n) is 8.46. The Bertz CT molecular complexity index is 1210. The highest BCUT2D eigenvalue weighted by atomic mass is 16.7. The SMILES string of the molecule is O=C(NCc1ccccc1)O[C@@H]1CO[C@H]2[C@@H]1OC[C@@H]2Nc1nccc(-c2ccc3c(c2)OCO3)n1. The molecule has 180 valence electrons. The Morgan fingerprint density at radius 2 is 1.86 bits per heavy atom. The first kappa shape index (κ1) is 21.6. The van der Waals surface area contributed by atoms with Crippen molar-refractivity contribution in [3.63, 3.8) is 0 Å². The number of aromatic nitrogens is 2. The molecule has 3 aromatic rings. The fourth-order valence-corrected chi connectivity index (χ4v) is 4.45.